The fourth-order valence-electron chi connectivity index (χ4n) is 1.63. The second kappa shape index (κ2) is 6.28. The number of nitrogens with two attached hydrogens (primary N) is 1. The van der Waals surface area contributed by atoms with Crippen molar-refractivity contribution in [3.8, 4) is 0 Å². The summed E-state index contributed by atoms with van der Waals surface area (Å²) in [6.45, 7) is 0. The molecule has 21 heavy (non-hydrogen) atoms. The van der Waals surface area contributed by atoms with E-state index in [4.69, 9.17) is 10.8 Å². The number of anilines is 2. The smallest absolute Gasteiger partial charge is 0.335 e. The van der Waals surface area contributed by atoms with Crippen LogP contribution in [0.1, 0.15) is 20.7 Å². The van der Waals surface area contributed by atoms with Crippen molar-refractivity contribution in [3.05, 3.63) is 56.5 Å². The van der Waals surface area contributed by atoms with Crippen LogP contribution in [0.2, 0.25) is 0 Å². The number of aromatic carboxylic acids is 1. The van der Waals surface area contributed by atoms with Gasteiger partial charge in [-0.2, -0.15) is 0 Å². The van der Waals surface area contributed by atoms with Gasteiger partial charge in [0.1, 0.15) is 0 Å². The van der Waals surface area contributed by atoms with Crippen LogP contribution in [0, 0.1) is 0 Å². The Bertz CT molecular complexity index is 732. The van der Waals surface area contributed by atoms with E-state index in [0.29, 0.717) is 25.9 Å². The van der Waals surface area contributed by atoms with E-state index in [1.807, 2.05) is 0 Å². The number of carbonyl (C=O) groups is 2. The van der Waals surface area contributed by atoms with Crippen molar-refractivity contribution in [2.45, 2.75) is 0 Å². The zero-order valence-electron chi connectivity index (χ0n) is 10.6. The average molecular weight is 414 g/mol. The van der Waals surface area contributed by atoms with Crippen molar-refractivity contribution in [2.75, 3.05) is 11.1 Å². The molecule has 108 valence electrons. The van der Waals surface area contributed by atoms with Gasteiger partial charge in [0.2, 0.25) is 0 Å². The SMILES string of the molecule is Nc1cc(C(=O)Nc2cc(C(=O)O)ccc2Br)ccc1Br. The van der Waals surface area contributed by atoms with E-state index in [2.05, 4.69) is 37.2 Å². The van der Waals surface area contributed by atoms with Gasteiger partial charge in [-0.05, 0) is 68.3 Å². The summed E-state index contributed by atoms with van der Waals surface area (Å²) in [6.07, 6.45) is 0. The van der Waals surface area contributed by atoms with Crippen LogP contribution < -0.4 is 11.1 Å². The number of hydrogen-bond acceptors (Lipinski definition) is 3. The Morgan fingerprint density at radius 1 is 1.00 bits per heavy atom. The number of benzene rings is 2. The lowest BCUT2D eigenvalue weighted by Crippen LogP contribution is -2.13. The number of nitrogens with one attached hydrogen (secondary N) is 1. The maximum Gasteiger partial charge on any atom is 0.335 e. The molecule has 0 aliphatic rings. The Morgan fingerprint density at radius 2 is 1.62 bits per heavy atom. The van der Waals surface area contributed by atoms with E-state index in [1.54, 1.807) is 18.2 Å². The molecule has 0 aromatic heterocycles. The first kappa shape index (κ1) is 15.5. The summed E-state index contributed by atoms with van der Waals surface area (Å²) < 4.78 is 1.29. The number of carboxylic acids is 1. The molecule has 0 heterocycles. The minimum atomic E-state index is -1.06. The summed E-state index contributed by atoms with van der Waals surface area (Å²) in [6, 6.07) is 9.22. The molecule has 0 radical (unpaired) electrons. The molecular weight excluding hydrogens is 404 g/mol. The summed E-state index contributed by atoms with van der Waals surface area (Å²) in [5.74, 6) is -1.44. The molecule has 1 amide bonds. The topological polar surface area (TPSA) is 92.4 Å². The molecule has 0 fully saturated rings. The summed E-state index contributed by atoms with van der Waals surface area (Å²) in [5.41, 5.74) is 7.02. The third-order valence-electron chi connectivity index (χ3n) is 2.72. The van der Waals surface area contributed by atoms with Crippen molar-refractivity contribution in [1.29, 1.82) is 0 Å². The predicted octanol–water partition coefficient (Wildman–Crippen LogP) is 3.74. The Kier molecular flexibility index (Phi) is 4.64. The Balaban J connectivity index is 2.28. The molecule has 7 heteroatoms. The van der Waals surface area contributed by atoms with Crippen molar-refractivity contribution in [3.63, 3.8) is 0 Å². The molecule has 2 aromatic rings. The molecule has 0 unspecified atom stereocenters. The molecule has 0 saturated heterocycles. The molecule has 4 N–H and O–H groups in total. The third kappa shape index (κ3) is 3.62. The predicted molar refractivity (Wildman–Crippen MR) is 87.6 cm³/mol. The van der Waals surface area contributed by atoms with Crippen LogP contribution in [0.3, 0.4) is 0 Å². The summed E-state index contributed by atoms with van der Waals surface area (Å²) in [5, 5.41) is 11.6. The van der Waals surface area contributed by atoms with Gasteiger partial charge in [0.05, 0.1) is 11.3 Å². The number of carboxylic acid groups (broad SMARTS) is 1. The zero-order valence-corrected chi connectivity index (χ0v) is 13.7. The van der Waals surface area contributed by atoms with E-state index < -0.39 is 5.97 Å². The van der Waals surface area contributed by atoms with Crippen LogP contribution in [0.25, 0.3) is 0 Å². The molecule has 0 bridgehead atoms. The van der Waals surface area contributed by atoms with E-state index in [9.17, 15) is 9.59 Å². The van der Waals surface area contributed by atoms with Gasteiger partial charge < -0.3 is 16.2 Å². The number of halogens is 2. The van der Waals surface area contributed by atoms with Crippen molar-refractivity contribution in [2.24, 2.45) is 0 Å². The summed E-state index contributed by atoms with van der Waals surface area (Å²) >= 11 is 6.52. The van der Waals surface area contributed by atoms with E-state index in [0.717, 1.165) is 0 Å². The lowest BCUT2D eigenvalue weighted by atomic mass is 10.1. The summed E-state index contributed by atoms with van der Waals surface area (Å²) in [4.78, 5) is 23.1. The van der Waals surface area contributed by atoms with Crippen LogP contribution in [0.5, 0.6) is 0 Å². The molecule has 2 aromatic carbocycles. The number of nitrogen functional groups attached to an aromatic ring is 1. The monoisotopic (exact) mass is 412 g/mol. The minimum Gasteiger partial charge on any atom is -0.478 e. The highest BCUT2D eigenvalue weighted by atomic mass is 79.9. The highest BCUT2D eigenvalue weighted by Gasteiger charge is 2.12. The summed E-state index contributed by atoms with van der Waals surface area (Å²) in [7, 11) is 0. The van der Waals surface area contributed by atoms with Crippen LogP contribution >= 0.6 is 31.9 Å². The number of hydrogen-bond donors (Lipinski definition) is 3. The first-order valence-corrected chi connectivity index (χ1v) is 7.36. The van der Waals surface area contributed by atoms with Gasteiger partial charge in [0.25, 0.3) is 5.91 Å². The highest BCUT2D eigenvalue weighted by Crippen LogP contribution is 2.25. The van der Waals surface area contributed by atoms with Crippen LogP contribution in [0.4, 0.5) is 11.4 Å². The second-order valence-corrected chi connectivity index (χ2v) is 5.90. The second-order valence-electron chi connectivity index (χ2n) is 4.19. The lowest BCUT2D eigenvalue weighted by molar-refractivity contribution is 0.0696. The van der Waals surface area contributed by atoms with E-state index in [1.165, 1.54) is 18.2 Å². The van der Waals surface area contributed by atoms with Crippen LogP contribution in [-0.4, -0.2) is 17.0 Å². The molecule has 0 saturated carbocycles. The Hall–Kier alpha value is -1.86. The average Bonchev–Trinajstić information content (AvgIpc) is 2.43. The van der Waals surface area contributed by atoms with Gasteiger partial charge in [-0.15, -0.1) is 0 Å². The Labute approximate surface area is 137 Å². The van der Waals surface area contributed by atoms with Gasteiger partial charge in [0.15, 0.2) is 0 Å². The van der Waals surface area contributed by atoms with Crippen LogP contribution in [-0.2, 0) is 0 Å². The quantitative estimate of drug-likeness (QED) is 0.668. The van der Waals surface area contributed by atoms with Gasteiger partial charge in [-0.1, -0.05) is 0 Å². The molecule has 5 nitrogen and oxygen atoms in total. The largest absolute Gasteiger partial charge is 0.478 e. The van der Waals surface area contributed by atoms with Gasteiger partial charge in [-0.25, -0.2) is 4.79 Å². The van der Waals surface area contributed by atoms with Gasteiger partial charge in [-0.3, -0.25) is 4.79 Å². The number of rotatable bonds is 3. The standard InChI is InChI=1S/C14H10Br2N2O3/c15-9-3-1-7(5-11(9)17)13(19)18-12-6-8(14(20)21)2-4-10(12)16/h1-6H,17H2,(H,18,19)(H,20,21). The normalized spacial score (nSPS) is 10.2. The molecule has 2 rings (SSSR count). The third-order valence-corrected chi connectivity index (χ3v) is 4.13. The number of amides is 1. The molecule has 0 aliphatic carbocycles. The lowest BCUT2D eigenvalue weighted by Gasteiger charge is -2.09. The van der Waals surface area contributed by atoms with Crippen molar-refractivity contribution in [1.82, 2.24) is 0 Å². The first-order chi connectivity index (χ1) is 9.88. The number of carbonyl (C=O) groups excluding carboxylic acids is 1. The zero-order chi connectivity index (χ0) is 15.6. The van der Waals surface area contributed by atoms with E-state index >= 15 is 0 Å². The first-order valence-electron chi connectivity index (χ1n) is 5.77. The maximum atomic E-state index is 12.2. The fraction of sp³-hybridized carbons (Fsp3) is 0. The molecule has 0 atom stereocenters. The van der Waals surface area contributed by atoms with E-state index in [-0.39, 0.29) is 11.5 Å². The highest BCUT2D eigenvalue weighted by molar-refractivity contribution is 9.11. The molecule has 0 spiro atoms. The Morgan fingerprint density at radius 3 is 2.24 bits per heavy atom. The van der Waals surface area contributed by atoms with Crippen molar-refractivity contribution >= 4 is 55.1 Å². The van der Waals surface area contributed by atoms with Crippen LogP contribution in [0.15, 0.2) is 45.3 Å². The van der Waals surface area contributed by atoms with Gasteiger partial charge >= 0.3 is 5.97 Å². The van der Waals surface area contributed by atoms with Gasteiger partial charge in [0, 0.05) is 20.2 Å². The maximum absolute atomic E-state index is 12.2. The van der Waals surface area contributed by atoms with Crippen molar-refractivity contribution < 1.29 is 14.7 Å². The minimum absolute atomic E-state index is 0.0869. The molecular formula is C14H10Br2N2O3. The molecule has 0 aliphatic heterocycles. The fourth-order valence-corrected chi connectivity index (χ4v) is 2.23.